The van der Waals surface area contributed by atoms with Gasteiger partial charge < -0.3 is 22.1 Å². The second-order valence-electron chi connectivity index (χ2n) is 7.86. The minimum atomic E-state index is -0.575. The molecular formula is C22H46N4O2. The fraction of sp³-hybridized carbons (Fsp3) is 0.909. The molecular weight excluding hydrogens is 352 g/mol. The number of carbonyl (C=O) groups excluding carboxylic acids is 2. The van der Waals surface area contributed by atoms with Gasteiger partial charge in [0.1, 0.15) is 6.04 Å². The third kappa shape index (κ3) is 18.2. The van der Waals surface area contributed by atoms with Crippen molar-refractivity contribution in [3.05, 3.63) is 0 Å². The molecule has 6 heteroatoms. The van der Waals surface area contributed by atoms with E-state index in [1.807, 2.05) is 0 Å². The number of carbonyl (C=O) groups is 2. The number of hydrogen-bond donors (Lipinski definition) is 4. The Balaban J connectivity index is 3.51. The molecule has 166 valence electrons. The van der Waals surface area contributed by atoms with E-state index < -0.39 is 11.9 Å². The molecule has 6 N–H and O–H groups in total. The minimum Gasteiger partial charge on any atom is -0.368 e. The van der Waals surface area contributed by atoms with Crippen molar-refractivity contribution in [2.75, 3.05) is 13.2 Å². The van der Waals surface area contributed by atoms with Gasteiger partial charge in [-0.25, -0.2) is 0 Å². The van der Waals surface area contributed by atoms with Crippen molar-refractivity contribution < 1.29 is 9.59 Å². The van der Waals surface area contributed by atoms with E-state index in [1.54, 1.807) is 0 Å². The summed E-state index contributed by atoms with van der Waals surface area (Å²) in [6, 6.07) is -0.575. The van der Waals surface area contributed by atoms with Crippen molar-refractivity contribution in [1.29, 1.82) is 0 Å². The highest BCUT2D eigenvalue weighted by molar-refractivity contribution is 5.86. The van der Waals surface area contributed by atoms with E-state index in [4.69, 9.17) is 11.5 Å². The van der Waals surface area contributed by atoms with Crippen LogP contribution in [0.4, 0.5) is 0 Å². The predicted molar refractivity (Wildman–Crippen MR) is 118 cm³/mol. The van der Waals surface area contributed by atoms with Crippen LogP contribution in [-0.4, -0.2) is 31.1 Å². The Labute approximate surface area is 173 Å². The Morgan fingerprint density at radius 2 is 1.29 bits per heavy atom. The summed E-state index contributed by atoms with van der Waals surface area (Å²) in [5.74, 6) is -0.537. The number of unbranched alkanes of at least 4 members (excludes halogenated alkanes) is 12. The first-order valence-corrected chi connectivity index (χ1v) is 11.6. The van der Waals surface area contributed by atoms with Crippen LogP contribution < -0.4 is 22.1 Å². The number of amides is 2. The third-order valence-electron chi connectivity index (χ3n) is 5.18. The lowest BCUT2D eigenvalue weighted by atomic mass is 10.0. The first kappa shape index (κ1) is 26.9. The summed E-state index contributed by atoms with van der Waals surface area (Å²) in [6.07, 6.45) is 18.5. The highest BCUT2D eigenvalue weighted by Gasteiger charge is 2.17. The van der Waals surface area contributed by atoms with Crippen molar-refractivity contribution >= 4 is 11.8 Å². The van der Waals surface area contributed by atoms with E-state index in [-0.39, 0.29) is 5.91 Å². The molecule has 0 rings (SSSR count). The van der Waals surface area contributed by atoms with Crippen LogP contribution in [0.2, 0.25) is 0 Å². The topological polar surface area (TPSA) is 110 Å². The van der Waals surface area contributed by atoms with Gasteiger partial charge in [0.05, 0.1) is 0 Å². The molecule has 0 saturated heterocycles. The second-order valence-corrected chi connectivity index (χ2v) is 7.86. The van der Waals surface area contributed by atoms with E-state index in [1.165, 1.54) is 70.6 Å². The fourth-order valence-electron chi connectivity index (χ4n) is 3.39. The normalized spacial score (nSPS) is 12.1. The van der Waals surface area contributed by atoms with Crippen molar-refractivity contribution in [2.45, 2.75) is 116 Å². The maximum Gasteiger partial charge on any atom is 0.240 e. The number of rotatable bonds is 21. The van der Waals surface area contributed by atoms with Gasteiger partial charge in [-0.2, -0.15) is 0 Å². The van der Waals surface area contributed by atoms with Crippen molar-refractivity contribution in [3.63, 3.8) is 0 Å². The standard InChI is InChI=1S/C22H46N4O2/c1-2-3-4-5-6-7-8-9-10-11-12-13-14-17-21(27)26-20(22(24)28)16-15-18-25-19-23/h20,25H,2-19,23H2,1H3,(H2,24,28)(H,26,27). The summed E-state index contributed by atoms with van der Waals surface area (Å²) in [5.41, 5.74) is 10.7. The Hall–Kier alpha value is -1.14. The van der Waals surface area contributed by atoms with Crippen LogP contribution in [0.1, 0.15) is 110 Å². The highest BCUT2D eigenvalue weighted by atomic mass is 16.2. The lowest BCUT2D eigenvalue weighted by molar-refractivity contribution is -0.127. The van der Waals surface area contributed by atoms with Gasteiger partial charge in [0.2, 0.25) is 11.8 Å². The van der Waals surface area contributed by atoms with Gasteiger partial charge in [-0.15, -0.1) is 0 Å². The molecule has 1 unspecified atom stereocenters. The summed E-state index contributed by atoms with van der Waals surface area (Å²) in [6.45, 7) is 3.38. The summed E-state index contributed by atoms with van der Waals surface area (Å²) in [7, 11) is 0. The van der Waals surface area contributed by atoms with Gasteiger partial charge in [-0.3, -0.25) is 9.59 Å². The summed E-state index contributed by atoms with van der Waals surface area (Å²) < 4.78 is 0. The first-order valence-electron chi connectivity index (χ1n) is 11.6. The SMILES string of the molecule is CCCCCCCCCCCCCCCC(=O)NC(CCCNCN)C(N)=O. The molecule has 0 aromatic heterocycles. The van der Waals surface area contributed by atoms with Crippen LogP contribution in [0.15, 0.2) is 0 Å². The maximum atomic E-state index is 12.0. The van der Waals surface area contributed by atoms with Gasteiger partial charge in [-0.05, 0) is 25.8 Å². The molecule has 2 amide bonds. The van der Waals surface area contributed by atoms with Gasteiger partial charge >= 0.3 is 0 Å². The predicted octanol–water partition coefficient (Wildman–Crippen LogP) is 3.72. The first-order chi connectivity index (χ1) is 13.6. The van der Waals surface area contributed by atoms with Crippen molar-refractivity contribution in [3.8, 4) is 0 Å². The molecule has 6 nitrogen and oxygen atoms in total. The average Bonchev–Trinajstić information content (AvgIpc) is 2.67. The maximum absolute atomic E-state index is 12.0. The lowest BCUT2D eigenvalue weighted by Gasteiger charge is -2.15. The van der Waals surface area contributed by atoms with Gasteiger partial charge in [0, 0.05) is 13.1 Å². The Kier molecular flexibility index (Phi) is 19.8. The van der Waals surface area contributed by atoms with E-state index >= 15 is 0 Å². The van der Waals surface area contributed by atoms with Crippen LogP contribution in [0.3, 0.4) is 0 Å². The number of hydrogen-bond acceptors (Lipinski definition) is 4. The molecule has 0 aromatic carbocycles. The molecule has 0 aliphatic rings. The summed E-state index contributed by atoms with van der Waals surface area (Å²) in [5, 5.41) is 5.75. The molecule has 0 heterocycles. The van der Waals surface area contributed by atoms with Gasteiger partial charge in [-0.1, -0.05) is 84.0 Å². The average molecular weight is 399 g/mol. The van der Waals surface area contributed by atoms with Crippen LogP contribution in [-0.2, 0) is 9.59 Å². The molecule has 0 aliphatic heterocycles. The minimum absolute atomic E-state index is 0.0707. The number of nitrogens with one attached hydrogen (secondary N) is 2. The molecule has 0 fully saturated rings. The van der Waals surface area contributed by atoms with E-state index in [0.717, 1.165) is 25.8 Å². The van der Waals surface area contributed by atoms with Crippen molar-refractivity contribution in [2.24, 2.45) is 11.5 Å². The van der Waals surface area contributed by atoms with Crippen LogP contribution >= 0.6 is 0 Å². The van der Waals surface area contributed by atoms with Crippen LogP contribution in [0, 0.1) is 0 Å². The van der Waals surface area contributed by atoms with Gasteiger partial charge in [0.25, 0.3) is 0 Å². The van der Waals surface area contributed by atoms with E-state index in [0.29, 0.717) is 19.5 Å². The zero-order valence-electron chi connectivity index (χ0n) is 18.3. The van der Waals surface area contributed by atoms with Gasteiger partial charge in [0.15, 0.2) is 0 Å². The Morgan fingerprint density at radius 1 is 0.786 bits per heavy atom. The summed E-state index contributed by atoms with van der Waals surface area (Å²) >= 11 is 0. The largest absolute Gasteiger partial charge is 0.368 e. The van der Waals surface area contributed by atoms with Crippen LogP contribution in [0.5, 0.6) is 0 Å². The smallest absolute Gasteiger partial charge is 0.240 e. The van der Waals surface area contributed by atoms with Crippen LogP contribution in [0.25, 0.3) is 0 Å². The molecule has 0 aromatic rings. The molecule has 0 saturated carbocycles. The molecule has 0 spiro atoms. The number of nitrogens with two attached hydrogens (primary N) is 2. The zero-order chi connectivity index (χ0) is 20.9. The molecule has 1 atom stereocenters. The zero-order valence-corrected chi connectivity index (χ0v) is 18.3. The third-order valence-corrected chi connectivity index (χ3v) is 5.18. The monoisotopic (exact) mass is 398 g/mol. The second kappa shape index (κ2) is 20.6. The number of primary amides is 1. The molecule has 0 aliphatic carbocycles. The highest BCUT2D eigenvalue weighted by Crippen LogP contribution is 2.13. The lowest BCUT2D eigenvalue weighted by Crippen LogP contribution is -2.44. The summed E-state index contributed by atoms with van der Waals surface area (Å²) in [4.78, 5) is 23.4. The molecule has 0 radical (unpaired) electrons. The molecule has 0 bridgehead atoms. The van der Waals surface area contributed by atoms with E-state index in [2.05, 4.69) is 17.6 Å². The van der Waals surface area contributed by atoms with Crippen molar-refractivity contribution in [1.82, 2.24) is 10.6 Å². The Morgan fingerprint density at radius 3 is 1.75 bits per heavy atom. The quantitative estimate of drug-likeness (QED) is 0.174. The fourth-order valence-corrected chi connectivity index (χ4v) is 3.39. The Bertz CT molecular complexity index is 378. The van der Waals surface area contributed by atoms with E-state index in [9.17, 15) is 9.59 Å². The molecule has 28 heavy (non-hydrogen) atoms.